The summed E-state index contributed by atoms with van der Waals surface area (Å²) in [5, 5.41) is 14.9. The van der Waals surface area contributed by atoms with Crippen LogP contribution in [0.25, 0.3) is 6.08 Å². The van der Waals surface area contributed by atoms with Gasteiger partial charge in [-0.05, 0) is 36.8 Å². The lowest BCUT2D eigenvalue weighted by molar-refractivity contribution is -0.111. The molecule has 1 aromatic carbocycles. The Balaban J connectivity index is 1.78. The third-order valence-corrected chi connectivity index (χ3v) is 5.09. The molecule has 192 valence electrons. The third-order valence-electron chi connectivity index (χ3n) is 4.89. The summed E-state index contributed by atoms with van der Waals surface area (Å²) >= 11 is 6.06. The number of carbonyl (C=O) groups is 1. The van der Waals surface area contributed by atoms with Crippen molar-refractivity contribution in [1.82, 2.24) is 9.97 Å². The molecule has 1 amide bonds. The summed E-state index contributed by atoms with van der Waals surface area (Å²) in [5.41, 5.74) is 1.07. The highest BCUT2D eigenvalue weighted by molar-refractivity contribution is 6.31. The first-order valence-corrected chi connectivity index (χ1v) is 11.8. The number of hydrogen-bond acceptors (Lipinski definition) is 7. The predicted molar refractivity (Wildman–Crippen MR) is 137 cm³/mol. The normalized spacial score (nSPS) is 10.8. The van der Waals surface area contributed by atoms with E-state index in [-0.39, 0.29) is 28.0 Å². The van der Waals surface area contributed by atoms with E-state index in [1.807, 2.05) is 13.0 Å². The van der Waals surface area contributed by atoms with Gasteiger partial charge in [0.2, 0.25) is 5.91 Å². The first-order chi connectivity index (χ1) is 17.9. The molecule has 8 nitrogen and oxygen atoms in total. The minimum Gasteiger partial charge on any atom is -0.489 e. The molecule has 0 saturated carbocycles. The van der Waals surface area contributed by atoms with Crippen LogP contribution in [0.3, 0.4) is 0 Å². The molecule has 0 spiro atoms. The molecule has 0 aliphatic heterocycles. The van der Waals surface area contributed by atoms with Crippen LogP contribution in [0.4, 0.5) is 26.1 Å². The molecule has 0 unspecified atom stereocenters. The van der Waals surface area contributed by atoms with E-state index in [0.717, 1.165) is 19.3 Å². The summed E-state index contributed by atoms with van der Waals surface area (Å²) < 4.78 is 36.1. The Bertz CT molecular complexity index is 1280. The number of hydrogen-bond donors (Lipinski definition) is 2. The van der Waals surface area contributed by atoms with Crippen molar-refractivity contribution in [2.45, 2.75) is 32.8 Å². The Morgan fingerprint density at radius 1 is 1.22 bits per heavy atom. The molecule has 0 fully saturated rings. The Morgan fingerprint density at radius 2 is 2.05 bits per heavy atom. The van der Waals surface area contributed by atoms with E-state index in [1.54, 1.807) is 18.2 Å². The van der Waals surface area contributed by atoms with E-state index >= 15 is 0 Å². The van der Waals surface area contributed by atoms with Crippen molar-refractivity contribution >= 4 is 40.9 Å². The first-order valence-electron chi connectivity index (χ1n) is 11.4. The van der Waals surface area contributed by atoms with E-state index in [4.69, 9.17) is 21.6 Å². The SMILES string of the molecule is CCCCCOc1c(/C=C/C(=O)Nc2cc(Cl)cnc2Nc2ccc(C#N)cn2)cccc1OC(F)F. The molecule has 0 radical (unpaired) electrons. The molecule has 0 aliphatic carbocycles. The smallest absolute Gasteiger partial charge is 0.387 e. The second-order valence-corrected chi connectivity index (χ2v) is 8.09. The largest absolute Gasteiger partial charge is 0.489 e. The van der Waals surface area contributed by atoms with Crippen LogP contribution in [0.2, 0.25) is 5.02 Å². The number of pyridine rings is 2. The lowest BCUT2D eigenvalue weighted by Gasteiger charge is -2.14. The number of aromatic nitrogens is 2. The van der Waals surface area contributed by atoms with Crippen LogP contribution < -0.4 is 20.1 Å². The van der Waals surface area contributed by atoms with E-state index in [2.05, 4.69) is 25.3 Å². The van der Waals surface area contributed by atoms with E-state index < -0.39 is 12.5 Å². The van der Waals surface area contributed by atoms with Gasteiger partial charge in [0.25, 0.3) is 0 Å². The second-order valence-electron chi connectivity index (χ2n) is 7.65. The van der Waals surface area contributed by atoms with Crippen molar-refractivity contribution in [2.24, 2.45) is 0 Å². The van der Waals surface area contributed by atoms with Crippen molar-refractivity contribution in [1.29, 1.82) is 5.26 Å². The number of alkyl halides is 2. The molecule has 37 heavy (non-hydrogen) atoms. The lowest BCUT2D eigenvalue weighted by atomic mass is 10.1. The number of nitrogens with one attached hydrogen (secondary N) is 2. The molecule has 0 saturated heterocycles. The molecule has 11 heteroatoms. The highest BCUT2D eigenvalue weighted by Crippen LogP contribution is 2.34. The number of amides is 1. The number of ether oxygens (including phenoxy) is 2. The molecule has 0 atom stereocenters. The zero-order valence-corrected chi connectivity index (χ0v) is 20.6. The minimum atomic E-state index is -3.02. The van der Waals surface area contributed by atoms with Crippen LogP contribution in [-0.4, -0.2) is 29.1 Å². The summed E-state index contributed by atoms with van der Waals surface area (Å²) in [6, 6.07) is 11.2. The fourth-order valence-electron chi connectivity index (χ4n) is 3.16. The number of carbonyl (C=O) groups excluding carboxylic acids is 1. The zero-order chi connectivity index (χ0) is 26.6. The summed E-state index contributed by atoms with van der Waals surface area (Å²) in [6.45, 7) is -0.665. The average Bonchev–Trinajstić information content (AvgIpc) is 2.88. The van der Waals surface area contributed by atoms with Gasteiger partial charge in [-0.1, -0.05) is 43.5 Å². The van der Waals surface area contributed by atoms with Crippen LogP contribution in [0, 0.1) is 11.3 Å². The van der Waals surface area contributed by atoms with Gasteiger partial charge in [0.05, 0.1) is 22.9 Å². The number of nitriles is 1. The van der Waals surface area contributed by atoms with Crippen molar-refractivity contribution in [3.8, 4) is 17.6 Å². The molecule has 2 aromatic heterocycles. The van der Waals surface area contributed by atoms with Gasteiger partial charge in [-0.3, -0.25) is 4.79 Å². The Morgan fingerprint density at radius 3 is 2.76 bits per heavy atom. The van der Waals surface area contributed by atoms with Crippen molar-refractivity contribution in [2.75, 3.05) is 17.2 Å². The summed E-state index contributed by atoms with van der Waals surface area (Å²) in [5.74, 6) is 0.157. The summed E-state index contributed by atoms with van der Waals surface area (Å²) in [7, 11) is 0. The monoisotopic (exact) mass is 527 g/mol. The first kappa shape index (κ1) is 27.4. The Hall–Kier alpha value is -4.23. The molecule has 3 aromatic rings. The van der Waals surface area contributed by atoms with E-state index in [9.17, 15) is 13.6 Å². The average molecular weight is 528 g/mol. The highest BCUT2D eigenvalue weighted by atomic mass is 35.5. The number of para-hydroxylation sites is 1. The molecule has 0 aliphatic rings. The van der Waals surface area contributed by atoms with E-state index in [0.29, 0.717) is 23.6 Å². The van der Waals surface area contributed by atoms with Crippen LogP contribution in [-0.2, 0) is 4.79 Å². The summed E-state index contributed by atoms with van der Waals surface area (Å²) in [4.78, 5) is 21.0. The molecule has 2 N–H and O–H groups in total. The maximum absolute atomic E-state index is 12.9. The molecular weight excluding hydrogens is 504 g/mol. The number of rotatable bonds is 12. The maximum atomic E-state index is 12.9. The van der Waals surface area contributed by atoms with Gasteiger partial charge in [0.1, 0.15) is 11.9 Å². The van der Waals surface area contributed by atoms with Crippen molar-refractivity contribution in [3.63, 3.8) is 0 Å². The van der Waals surface area contributed by atoms with Gasteiger partial charge in [0, 0.05) is 24.0 Å². The van der Waals surface area contributed by atoms with Gasteiger partial charge in [0.15, 0.2) is 17.3 Å². The number of benzene rings is 1. The number of anilines is 3. The van der Waals surface area contributed by atoms with Crippen molar-refractivity contribution in [3.05, 3.63) is 71.0 Å². The van der Waals surface area contributed by atoms with Crippen LogP contribution in [0.15, 0.2) is 54.9 Å². The Labute approximate surface area is 217 Å². The predicted octanol–water partition coefficient (Wildman–Crippen LogP) is 6.57. The molecular formula is C26H24ClF2N5O3. The third kappa shape index (κ3) is 8.44. The maximum Gasteiger partial charge on any atom is 0.387 e. The van der Waals surface area contributed by atoms with E-state index in [1.165, 1.54) is 42.7 Å². The molecule has 3 rings (SSSR count). The zero-order valence-electron chi connectivity index (χ0n) is 19.9. The van der Waals surface area contributed by atoms with Gasteiger partial charge in [-0.15, -0.1) is 0 Å². The number of halogens is 3. The topological polar surface area (TPSA) is 109 Å². The fraction of sp³-hybridized carbons (Fsp3) is 0.231. The van der Waals surface area contributed by atoms with Gasteiger partial charge >= 0.3 is 6.61 Å². The number of unbranched alkanes of at least 4 members (excludes halogenated alkanes) is 2. The molecule has 0 bridgehead atoms. The standard InChI is InChI=1S/C26H24ClF2N5O3/c1-2-3-4-12-36-24-18(6-5-7-21(24)37-26(28)29)9-11-23(35)33-20-13-19(27)16-32-25(20)34-22-10-8-17(14-30)15-31-22/h5-11,13,15-16,26H,2-4,12H2,1H3,(H,33,35)(H,31,32,34)/b11-9+. The molecule has 2 heterocycles. The fourth-order valence-corrected chi connectivity index (χ4v) is 3.32. The highest BCUT2D eigenvalue weighted by Gasteiger charge is 2.15. The van der Waals surface area contributed by atoms with Crippen LogP contribution in [0.5, 0.6) is 11.5 Å². The van der Waals surface area contributed by atoms with Crippen LogP contribution in [0.1, 0.15) is 37.3 Å². The van der Waals surface area contributed by atoms with Gasteiger partial charge in [-0.25, -0.2) is 9.97 Å². The van der Waals surface area contributed by atoms with Gasteiger partial charge in [-0.2, -0.15) is 14.0 Å². The summed E-state index contributed by atoms with van der Waals surface area (Å²) in [6.07, 6.45) is 8.11. The quantitative estimate of drug-likeness (QED) is 0.202. The number of nitrogens with zero attached hydrogens (tertiary/aromatic N) is 3. The second kappa shape index (κ2) is 13.8. The van der Waals surface area contributed by atoms with Crippen molar-refractivity contribution < 1.29 is 23.0 Å². The minimum absolute atomic E-state index is 0.116. The van der Waals surface area contributed by atoms with Crippen LogP contribution >= 0.6 is 11.6 Å². The Kier molecular flexibility index (Phi) is 10.2. The van der Waals surface area contributed by atoms with Gasteiger partial charge < -0.3 is 20.1 Å². The lowest BCUT2D eigenvalue weighted by Crippen LogP contribution is -2.11.